The molecule has 5 rings (SSSR count). The molecule has 5 aromatic rings. The molecule has 0 fully saturated rings. The van der Waals surface area contributed by atoms with Crippen LogP contribution in [0, 0.1) is 6.92 Å². The zero-order chi connectivity index (χ0) is 20.3. The first-order valence-electron chi connectivity index (χ1n) is 10.1. The van der Waals surface area contributed by atoms with E-state index in [2.05, 4.69) is 87.1 Å². The number of H-pyrrole nitrogens is 1. The number of rotatable bonds is 5. The summed E-state index contributed by atoms with van der Waals surface area (Å²) < 4.78 is 0. The van der Waals surface area contributed by atoms with Crippen LogP contribution in [-0.4, -0.2) is 25.6 Å². The lowest BCUT2D eigenvalue weighted by molar-refractivity contribution is 0.881. The van der Waals surface area contributed by atoms with Gasteiger partial charge in [0.25, 0.3) is 0 Å². The van der Waals surface area contributed by atoms with Crippen molar-refractivity contribution in [3.05, 3.63) is 95.7 Å². The molecule has 0 bridgehead atoms. The Morgan fingerprint density at radius 1 is 0.806 bits per heavy atom. The Morgan fingerprint density at radius 2 is 1.55 bits per heavy atom. The summed E-state index contributed by atoms with van der Waals surface area (Å²) in [5, 5.41) is 15.7. The Bertz CT molecular complexity index is 1300. The summed E-state index contributed by atoms with van der Waals surface area (Å²) in [4.78, 5) is 4.65. The minimum Gasteiger partial charge on any atom is -0.253 e. The van der Waals surface area contributed by atoms with E-state index in [1.807, 2.05) is 24.3 Å². The van der Waals surface area contributed by atoms with E-state index in [1.165, 1.54) is 16.5 Å². The molecule has 5 nitrogen and oxygen atoms in total. The summed E-state index contributed by atoms with van der Waals surface area (Å²) in [6.45, 7) is 2.06. The third-order valence-corrected chi connectivity index (χ3v) is 5.39. The SMILES string of the molecule is Cc1cc(CCc2ccc(-c3ccccc3-c3nn[nH]n3)cc2)c2ccccc2n1.Cl. The molecule has 3 aromatic carbocycles. The van der Waals surface area contributed by atoms with Gasteiger partial charge in [0.15, 0.2) is 0 Å². The van der Waals surface area contributed by atoms with Gasteiger partial charge in [0.1, 0.15) is 0 Å². The lowest BCUT2D eigenvalue weighted by Gasteiger charge is -2.10. The molecule has 31 heavy (non-hydrogen) atoms. The van der Waals surface area contributed by atoms with E-state index in [0.29, 0.717) is 5.82 Å². The van der Waals surface area contributed by atoms with Crippen LogP contribution in [0.4, 0.5) is 0 Å². The van der Waals surface area contributed by atoms with Crippen molar-refractivity contribution in [3.8, 4) is 22.5 Å². The first-order chi connectivity index (χ1) is 14.8. The standard InChI is InChI=1S/C25H21N5.ClH/c1-17-16-20(22-7-4-5-9-24(22)26-17)15-12-18-10-13-19(14-11-18)21-6-2-3-8-23(21)25-27-29-30-28-25;/h2-11,13-14,16H,12,15H2,1H3,(H,27,28,29,30);1H. The molecular weight excluding hydrogens is 406 g/mol. The Kier molecular flexibility index (Phi) is 6.05. The van der Waals surface area contributed by atoms with Crippen LogP contribution < -0.4 is 0 Å². The average molecular weight is 428 g/mol. The number of nitrogens with zero attached hydrogens (tertiary/aromatic N) is 4. The summed E-state index contributed by atoms with van der Waals surface area (Å²) in [5.74, 6) is 0.606. The van der Waals surface area contributed by atoms with E-state index in [4.69, 9.17) is 0 Å². The molecule has 0 saturated carbocycles. The molecule has 6 heteroatoms. The van der Waals surface area contributed by atoms with E-state index in [-0.39, 0.29) is 12.4 Å². The average Bonchev–Trinajstić information content (AvgIpc) is 3.33. The van der Waals surface area contributed by atoms with Crippen LogP contribution in [0.3, 0.4) is 0 Å². The van der Waals surface area contributed by atoms with Crippen LogP contribution >= 0.6 is 12.4 Å². The van der Waals surface area contributed by atoms with Crippen molar-refractivity contribution in [2.24, 2.45) is 0 Å². The van der Waals surface area contributed by atoms with Gasteiger partial charge in [0, 0.05) is 16.6 Å². The summed E-state index contributed by atoms with van der Waals surface area (Å²) in [7, 11) is 0. The molecule has 0 saturated heterocycles. The van der Waals surface area contributed by atoms with E-state index in [9.17, 15) is 0 Å². The number of pyridine rings is 1. The van der Waals surface area contributed by atoms with Gasteiger partial charge in [-0.25, -0.2) is 0 Å². The van der Waals surface area contributed by atoms with Crippen molar-refractivity contribution < 1.29 is 0 Å². The van der Waals surface area contributed by atoms with E-state index in [0.717, 1.165) is 40.7 Å². The van der Waals surface area contributed by atoms with E-state index in [1.54, 1.807) is 0 Å². The number of nitrogens with one attached hydrogen (secondary N) is 1. The van der Waals surface area contributed by atoms with Gasteiger partial charge in [-0.15, -0.1) is 22.6 Å². The lowest BCUT2D eigenvalue weighted by Crippen LogP contribution is -1.96. The van der Waals surface area contributed by atoms with Gasteiger partial charge >= 0.3 is 0 Å². The summed E-state index contributed by atoms with van der Waals surface area (Å²) in [6, 6.07) is 27.5. The molecule has 0 aliphatic heterocycles. The number of hydrogen-bond donors (Lipinski definition) is 1. The van der Waals surface area contributed by atoms with E-state index >= 15 is 0 Å². The van der Waals surface area contributed by atoms with Crippen molar-refractivity contribution in [3.63, 3.8) is 0 Å². The fraction of sp³-hybridized carbons (Fsp3) is 0.120. The maximum Gasteiger partial charge on any atom is 0.205 e. The monoisotopic (exact) mass is 427 g/mol. The largest absolute Gasteiger partial charge is 0.253 e. The Hall–Kier alpha value is -3.57. The molecule has 0 amide bonds. The van der Waals surface area contributed by atoms with Gasteiger partial charge in [-0.2, -0.15) is 5.21 Å². The molecule has 2 heterocycles. The van der Waals surface area contributed by atoms with Crippen molar-refractivity contribution in [1.29, 1.82) is 0 Å². The highest BCUT2D eigenvalue weighted by molar-refractivity contribution is 5.85. The molecule has 0 aliphatic rings. The third-order valence-electron chi connectivity index (χ3n) is 5.39. The zero-order valence-corrected chi connectivity index (χ0v) is 17.9. The van der Waals surface area contributed by atoms with Gasteiger partial charge in [-0.1, -0.05) is 66.7 Å². The maximum atomic E-state index is 4.65. The van der Waals surface area contributed by atoms with Gasteiger partial charge in [-0.05, 0) is 59.4 Å². The number of aromatic amines is 1. The van der Waals surface area contributed by atoms with Crippen molar-refractivity contribution >= 4 is 23.3 Å². The summed E-state index contributed by atoms with van der Waals surface area (Å²) in [6.07, 6.45) is 1.98. The fourth-order valence-corrected chi connectivity index (χ4v) is 3.94. The fourth-order valence-electron chi connectivity index (χ4n) is 3.94. The number of halogens is 1. The van der Waals surface area contributed by atoms with Crippen molar-refractivity contribution in [2.75, 3.05) is 0 Å². The molecule has 0 radical (unpaired) electrons. The van der Waals surface area contributed by atoms with Gasteiger partial charge in [0.2, 0.25) is 5.82 Å². The highest BCUT2D eigenvalue weighted by atomic mass is 35.5. The Morgan fingerprint density at radius 3 is 2.32 bits per heavy atom. The number of tetrazole rings is 1. The van der Waals surface area contributed by atoms with E-state index < -0.39 is 0 Å². The quantitative estimate of drug-likeness (QED) is 0.396. The lowest BCUT2D eigenvalue weighted by atomic mass is 9.96. The number of aromatic nitrogens is 5. The van der Waals surface area contributed by atoms with Crippen LogP contribution in [0.1, 0.15) is 16.8 Å². The molecule has 0 atom stereocenters. The zero-order valence-electron chi connectivity index (χ0n) is 17.1. The predicted molar refractivity (Wildman–Crippen MR) is 126 cm³/mol. The molecule has 154 valence electrons. The number of fused-ring (bicyclic) bond motifs is 1. The molecule has 0 aliphatic carbocycles. The third kappa shape index (κ3) is 4.32. The minimum absolute atomic E-state index is 0. The van der Waals surface area contributed by atoms with Crippen LogP contribution in [0.5, 0.6) is 0 Å². The van der Waals surface area contributed by atoms with Gasteiger partial charge in [-0.3, -0.25) is 4.98 Å². The Labute approximate surface area is 187 Å². The summed E-state index contributed by atoms with van der Waals surface area (Å²) in [5.41, 5.74) is 8.01. The second-order valence-corrected chi connectivity index (χ2v) is 7.42. The molecule has 0 spiro atoms. The first-order valence-corrected chi connectivity index (χ1v) is 10.1. The highest BCUT2D eigenvalue weighted by Crippen LogP contribution is 2.30. The van der Waals surface area contributed by atoms with Crippen LogP contribution in [0.2, 0.25) is 0 Å². The smallest absolute Gasteiger partial charge is 0.205 e. The van der Waals surface area contributed by atoms with Crippen molar-refractivity contribution in [2.45, 2.75) is 19.8 Å². The number of aryl methyl sites for hydroxylation is 3. The van der Waals surface area contributed by atoms with Crippen LogP contribution in [0.25, 0.3) is 33.4 Å². The van der Waals surface area contributed by atoms with Gasteiger partial charge < -0.3 is 0 Å². The van der Waals surface area contributed by atoms with Crippen LogP contribution in [0.15, 0.2) is 78.9 Å². The number of para-hydroxylation sites is 1. The number of benzene rings is 3. The first kappa shape index (κ1) is 20.7. The van der Waals surface area contributed by atoms with Crippen molar-refractivity contribution in [1.82, 2.24) is 25.6 Å². The van der Waals surface area contributed by atoms with Crippen LogP contribution in [-0.2, 0) is 12.8 Å². The van der Waals surface area contributed by atoms with Gasteiger partial charge in [0.05, 0.1) is 5.52 Å². The predicted octanol–water partition coefficient (Wildman–Crippen LogP) is 5.60. The molecule has 0 unspecified atom stereocenters. The second kappa shape index (κ2) is 9.06. The Balaban J connectivity index is 0.00000231. The highest BCUT2D eigenvalue weighted by Gasteiger charge is 2.10. The second-order valence-electron chi connectivity index (χ2n) is 7.42. The molecule has 2 aromatic heterocycles. The molecular formula is C25H22ClN5. The summed E-state index contributed by atoms with van der Waals surface area (Å²) >= 11 is 0. The number of hydrogen-bond acceptors (Lipinski definition) is 4. The molecule has 1 N–H and O–H groups in total. The normalized spacial score (nSPS) is 10.7. The maximum absolute atomic E-state index is 4.65. The topological polar surface area (TPSA) is 67.3 Å². The minimum atomic E-state index is 0.